The number of aromatic nitrogens is 1. The SMILES string of the molecule is CC1(C)CCCC1Nc1ncc(C(F)(F)F)cc1Cl. The van der Waals surface area contributed by atoms with Gasteiger partial charge in [-0.2, -0.15) is 13.2 Å². The lowest BCUT2D eigenvalue weighted by Gasteiger charge is -2.28. The van der Waals surface area contributed by atoms with Crippen LogP contribution in [0.15, 0.2) is 12.3 Å². The molecule has 0 aliphatic heterocycles. The van der Waals surface area contributed by atoms with E-state index in [4.69, 9.17) is 11.6 Å². The fraction of sp³-hybridized carbons (Fsp3) is 0.615. The molecule has 0 aromatic carbocycles. The lowest BCUT2D eigenvalue weighted by atomic mass is 9.87. The minimum absolute atomic E-state index is 0.0116. The molecule has 1 atom stereocenters. The van der Waals surface area contributed by atoms with Crippen molar-refractivity contribution in [1.29, 1.82) is 0 Å². The van der Waals surface area contributed by atoms with Gasteiger partial charge < -0.3 is 5.32 Å². The van der Waals surface area contributed by atoms with Crippen molar-refractivity contribution in [2.45, 2.75) is 45.3 Å². The second-order valence-corrected chi connectivity index (χ2v) is 6.04. The number of nitrogens with zero attached hydrogens (tertiary/aromatic N) is 1. The van der Waals surface area contributed by atoms with Crippen LogP contribution in [-0.4, -0.2) is 11.0 Å². The molecule has 1 saturated carbocycles. The number of rotatable bonds is 2. The van der Waals surface area contributed by atoms with Crippen LogP contribution in [-0.2, 0) is 6.18 Å². The molecule has 1 aromatic rings. The molecule has 0 saturated heterocycles. The lowest BCUT2D eigenvalue weighted by molar-refractivity contribution is -0.137. The zero-order valence-electron chi connectivity index (χ0n) is 10.8. The molecule has 6 heteroatoms. The topological polar surface area (TPSA) is 24.9 Å². The summed E-state index contributed by atoms with van der Waals surface area (Å²) in [4.78, 5) is 3.81. The number of pyridine rings is 1. The first-order valence-electron chi connectivity index (χ1n) is 6.19. The zero-order valence-corrected chi connectivity index (χ0v) is 11.6. The molecule has 0 bridgehead atoms. The second-order valence-electron chi connectivity index (χ2n) is 5.63. The van der Waals surface area contributed by atoms with Gasteiger partial charge in [0.25, 0.3) is 0 Å². The molecule has 2 nitrogen and oxygen atoms in total. The smallest absolute Gasteiger partial charge is 0.366 e. The molecule has 1 aliphatic carbocycles. The van der Waals surface area contributed by atoms with E-state index in [2.05, 4.69) is 24.1 Å². The highest BCUT2D eigenvalue weighted by atomic mass is 35.5. The van der Waals surface area contributed by atoms with Gasteiger partial charge in [0.2, 0.25) is 0 Å². The molecular formula is C13H16ClF3N2. The third-order valence-electron chi connectivity index (χ3n) is 3.74. The fourth-order valence-corrected chi connectivity index (χ4v) is 2.68. The summed E-state index contributed by atoms with van der Waals surface area (Å²) in [6.07, 6.45) is -0.435. The predicted octanol–water partition coefficient (Wildman–Crippen LogP) is 4.74. The van der Waals surface area contributed by atoms with Crippen LogP contribution in [0.4, 0.5) is 19.0 Å². The number of halogens is 4. The summed E-state index contributed by atoms with van der Waals surface area (Å²) in [5, 5.41) is 3.18. The van der Waals surface area contributed by atoms with E-state index in [1.807, 2.05) is 0 Å². The van der Waals surface area contributed by atoms with Crippen molar-refractivity contribution in [1.82, 2.24) is 4.98 Å². The summed E-state index contributed by atoms with van der Waals surface area (Å²) in [5.74, 6) is 0.328. The Labute approximate surface area is 115 Å². The molecule has 1 N–H and O–H groups in total. The Morgan fingerprint density at radius 2 is 2.11 bits per heavy atom. The van der Waals surface area contributed by atoms with Crippen molar-refractivity contribution in [3.8, 4) is 0 Å². The molecule has 1 heterocycles. The molecule has 106 valence electrons. The monoisotopic (exact) mass is 292 g/mol. The van der Waals surface area contributed by atoms with Crippen LogP contribution in [0, 0.1) is 5.41 Å². The van der Waals surface area contributed by atoms with Crippen molar-refractivity contribution in [3.63, 3.8) is 0 Å². The van der Waals surface area contributed by atoms with Crippen LogP contribution in [0.2, 0.25) is 5.02 Å². The molecule has 1 aromatic heterocycles. The van der Waals surface area contributed by atoms with Crippen molar-refractivity contribution < 1.29 is 13.2 Å². The summed E-state index contributed by atoms with van der Waals surface area (Å²) >= 11 is 5.88. The molecule has 2 rings (SSSR count). The van der Waals surface area contributed by atoms with Crippen molar-refractivity contribution in [2.75, 3.05) is 5.32 Å². The molecule has 1 fully saturated rings. The van der Waals surface area contributed by atoms with Crippen LogP contribution in [0.25, 0.3) is 0 Å². The maximum atomic E-state index is 12.5. The van der Waals surface area contributed by atoms with Gasteiger partial charge in [-0.25, -0.2) is 4.98 Å². The predicted molar refractivity (Wildman–Crippen MR) is 69.3 cm³/mol. The van der Waals surface area contributed by atoms with Crippen molar-refractivity contribution in [3.05, 3.63) is 22.8 Å². The van der Waals surface area contributed by atoms with Gasteiger partial charge in [-0.3, -0.25) is 0 Å². The van der Waals surface area contributed by atoms with Crippen LogP contribution in [0.5, 0.6) is 0 Å². The lowest BCUT2D eigenvalue weighted by Crippen LogP contribution is -2.31. The number of alkyl halides is 3. The number of hydrogen-bond acceptors (Lipinski definition) is 2. The third kappa shape index (κ3) is 3.14. The molecule has 1 aliphatic rings. The van der Waals surface area contributed by atoms with Crippen molar-refractivity contribution >= 4 is 17.4 Å². The first-order valence-corrected chi connectivity index (χ1v) is 6.57. The molecule has 19 heavy (non-hydrogen) atoms. The summed E-state index contributed by atoms with van der Waals surface area (Å²) in [7, 11) is 0. The highest BCUT2D eigenvalue weighted by Gasteiger charge is 2.35. The van der Waals surface area contributed by atoms with E-state index < -0.39 is 11.7 Å². The van der Waals surface area contributed by atoms with Crippen molar-refractivity contribution in [2.24, 2.45) is 5.41 Å². The van der Waals surface area contributed by atoms with Gasteiger partial charge in [0.15, 0.2) is 0 Å². The van der Waals surface area contributed by atoms with Gasteiger partial charge in [-0.15, -0.1) is 0 Å². The average Bonchev–Trinajstić information content (AvgIpc) is 2.59. The van der Waals surface area contributed by atoms with Crippen LogP contribution in [0.1, 0.15) is 38.7 Å². The van der Waals surface area contributed by atoms with Crippen LogP contribution >= 0.6 is 11.6 Å². The first kappa shape index (κ1) is 14.4. The maximum absolute atomic E-state index is 12.5. The Hall–Kier alpha value is -0.970. The summed E-state index contributed by atoms with van der Waals surface area (Å²) in [5.41, 5.74) is -0.720. The number of hydrogen-bond donors (Lipinski definition) is 1. The van der Waals surface area contributed by atoms with E-state index >= 15 is 0 Å². The molecule has 0 radical (unpaired) electrons. The molecule has 1 unspecified atom stereocenters. The van der Waals surface area contributed by atoms with Crippen LogP contribution in [0.3, 0.4) is 0 Å². The highest BCUT2D eigenvalue weighted by Crippen LogP contribution is 2.40. The summed E-state index contributed by atoms with van der Waals surface area (Å²) in [6.45, 7) is 4.27. The fourth-order valence-electron chi connectivity index (χ4n) is 2.46. The third-order valence-corrected chi connectivity index (χ3v) is 4.02. The van der Waals surface area contributed by atoms with Gasteiger partial charge in [-0.1, -0.05) is 31.9 Å². The quantitative estimate of drug-likeness (QED) is 0.851. The molecule has 0 amide bonds. The molecule has 0 spiro atoms. The maximum Gasteiger partial charge on any atom is 0.417 e. The molecular weight excluding hydrogens is 277 g/mol. The average molecular weight is 293 g/mol. The Bertz CT molecular complexity index is 471. The summed E-state index contributed by atoms with van der Waals surface area (Å²) < 4.78 is 37.5. The Morgan fingerprint density at radius 3 is 2.58 bits per heavy atom. The highest BCUT2D eigenvalue weighted by molar-refractivity contribution is 6.33. The van der Waals surface area contributed by atoms with Gasteiger partial charge >= 0.3 is 6.18 Å². The minimum atomic E-state index is -4.41. The van der Waals surface area contributed by atoms with E-state index in [1.165, 1.54) is 0 Å². The Balaban J connectivity index is 2.18. The van der Waals surface area contributed by atoms with Gasteiger partial charge in [0, 0.05) is 12.2 Å². The van der Waals surface area contributed by atoms with E-state index in [0.717, 1.165) is 31.5 Å². The van der Waals surface area contributed by atoms with E-state index in [0.29, 0.717) is 5.82 Å². The van der Waals surface area contributed by atoms with Gasteiger partial charge in [-0.05, 0) is 24.3 Å². The first-order chi connectivity index (χ1) is 8.70. The van der Waals surface area contributed by atoms with Gasteiger partial charge in [0.05, 0.1) is 10.6 Å². The Kier molecular flexibility index (Phi) is 3.69. The van der Waals surface area contributed by atoms with Gasteiger partial charge in [0.1, 0.15) is 5.82 Å². The minimum Gasteiger partial charge on any atom is -0.366 e. The van der Waals surface area contributed by atoms with E-state index in [1.54, 1.807) is 0 Å². The zero-order chi connectivity index (χ0) is 14.3. The largest absolute Gasteiger partial charge is 0.417 e. The normalized spacial score (nSPS) is 22.5. The number of nitrogens with one attached hydrogen (secondary N) is 1. The Morgan fingerprint density at radius 1 is 1.42 bits per heavy atom. The second kappa shape index (κ2) is 4.85. The number of anilines is 1. The van der Waals surface area contributed by atoms with E-state index in [9.17, 15) is 13.2 Å². The van der Waals surface area contributed by atoms with Crippen LogP contribution < -0.4 is 5.32 Å². The summed E-state index contributed by atoms with van der Waals surface area (Å²) in [6, 6.07) is 1.10. The van der Waals surface area contributed by atoms with E-state index in [-0.39, 0.29) is 16.5 Å². The standard InChI is InChI=1S/C13H16ClF3N2/c1-12(2)5-3-4-10(12)19-11-9(14)6-8(7-18-11)13(15,16)17/h6-7,10H,3-5H2,1-2H3,(H,18,19).